The number of benzene rings is 2. The van der Waals surface area contributed by atoms with Crippen molar-refractivity contribution in [1.82, 2.24) is 0 Å². The lowest BCUT2D eigenvalue weighted by atomic mass is 9.90. The van der Waals surface area contributed by atoms with Crippen LogP contribution in [0.3, 0.4) is 0 Å². The maximum absolute atomic E-state index is 6.14. The zero-order chi connectivity index (χ0) is 14.2. The topological polar surface area (TPSA) is 22.4 Å². The van der Waals surface area contributed by atoms with Crippen LogP contribution in [0.5, 0.6) is 5.75 Å². The Morgan fingerprint density at radius 2 is 1.95 bits per heavy atom. The summed E-state index contributed by atoms with van der Waals surface area (Å²) in [7, 11) is 0. The van der Waals surface area contributed by atoms with E-state index in [0.29, 0.717) is 5.92 Å². The van der Waals surface area contributed by atoms with Gasteiger partial charge in [-0.05, 0) is 24.6 Å². The first-order chi connectivity index (χ1) is 10.4. The molecule has 0 saturated heterocycles. The minimum atomic E-state index is 0.295. The van der Waals surface area contributed by atoms with Gasteiger partial charge in [-0.25, -0.2) is 0 Å². The number of hydrogen-bond donors (Lipinski definition) is 0. The molecule has 1 atom stereocenters. The van der Waals surface area contributed by atoms with Crippen LogP contribution in [0.4, 0.5) is 0 Å². The largest absolute Gasteiger partial charge is 0.456 e. The Hall–Kier alpha value is -1.75. The highest BCUT2D eigenvalue weighted by molar-refractivity contribution is 14.1. The van der Waals surface area contributed by atoms with E-state index in [2.05, 4.69) is 36.4 Å². The second kappa shape index (κ2) is 5.22. The van der Waals surface area contributed by atoms with E-state index in [-0.39, 0.29) is 0 Å². The number of hydrogen-bond acceptors (Lipinski definition) is 2. The summed E-state index contributed by atoms with van der Waals surface area (Å²) in [5, 5.41) is 2.31. The molecule has 1 aromatic heterocycles. The molecule has 1 heterocycles. The highest BCUT2D eigenvalue weighted by Crippen LogP contribution is 2.42. The first kappa shape index (κ1) is 13.0. The molecule has 3 heteroatoms. The van der Waals surface area contributed by atoms with E-state index in [1.165, 1.54) is 0 Å². The normalized spacial score (nSPS) is 17.7. The molecule has 0 amide bonds. The van der Waals surface area contributed by atoms with E-state index in [1.54, 1.807) is 0 Å². The van der Waals surface area contributed by atoms with Gasteiger partial charge < -0.3 is 7.48 Å². The van der Waals surface area contributed by atoms with Gasteiger partial charge in [-0.15, -0.1) is 0 Å². The van der Waals surface area contributed by atoms with Crippen LogP contribution in [0.1, 0.15) is 17.9 Å². The molecule has 0 radical (unpaired) electrons. The standard InChI is InChI=1S/C18H13IO2/c19-21-16-11-10-14-13-8-4-5-9-15(13)20-18(14)17(16)12-6-2-1-3-7-12/h1-6,8-12H,7H2. The van der Waals surface area contributed by atoms with Crippen LogP contribution in [-0.2, 0) is 0 Å². The Morgan fingerprint density at radius 3 is 2.76 bits per heavy atom. The quantitative estimate of drug-likeness (QED) is 0.509. The fourth-order valence-corrected chi connectivity index (χ4v) is 3.39. The van der Waals surface area contributed by atoms with Gasteiger partial charge >= 0.3 is 0 Å². The molecule has 0 spiro atoms. The maximum Gasteiger partial charge on any atom is 0.192 e. The number of rotatable bonds is 2. The van der Waals surface area contributed by atoms with Crippen LogP contribution in [-0.4, -0.2) is 0 Å². The molecule has 2 nitrogen and oxygen atoms in total. The number of furan rings is 1. The van der Waals surface area contributed by atoms with Crippen molar-refractivity contribution in [3.8, 4) is 5.75 Å². The molecule has 0 saturated carbocycles. The second-order valence-electron chi connectivity index (χ2n) is 5.18. The number of para-hydroxylation sites is 1. The van der Waals surface area contributed by atoms with Crippen molar-refractivity contribution >= 4 is 44.9 Å². The summed E-state index contributed by atoms with van der Waals surface area (Å²) in [6.07, 6.45) is 9.54. The summed E-state index contributed by atoms with van der Waals surface area (Å²) >= 11 is 1.94. The summed E-state index contributed by atoms with van der Waals surface area (Å²) < 4.78 is 11.7. The molecule has 3 aromatic rings. The van der Waals surface area contributed by atoms with E-state index < -0.39 is 0 Å². The predicted octanol–water partition coefficient (Wildman–Crippen LogP) is 5.91. The van der Waals surface area contributed by atoms with E-state index in [9.17, 15) is 0 Å². The predicted molar refractivity (Wildman–Crippen MR) is 94.0 cm³/mol. The lowest BCUT2D eigenvalue weighted by Gasteiger charge is -2.16. The fourth-order valence-electron chi connectivity index (χ4n) is 3.00. The number of allylic oxidation sites excluding steroid dienone is 4. The molecule has 1 unspecified atom stereocenters. The smallest absolute Gasteiger partial charge is 0.192 e. The zero-order valence-electron chi connectivity index (χ0n) is 11.3. The Morgan fingerprint density at radius 1 is 1.05 bits per heavy atom. The number of fused-ring (bicyclic) bond motifs is 3. The Labute approximate surface area is 136 Å². The Bertz CT molecular complexity index is 873. The summed E-state index contributed by atoms with van der Waals surface area (Å²) in [5.41, 5.74) is 3.00. The van der Waals surface area contributed by atoms with Crippen LogP contribution < -0.4 is 3.07 Å². The first-order valence-corrected chi connectivity index (χ1v) is 7.82. The summed E-state index contributed by atoms with van der Waals surface area (Å²) in [5.74, 6) is 1.18. The van der Waals surface area contributed by atoms with E-state index in [4.69, 9.17) is 7.48 Å². The molecule has 1 aliphatic rings. The van der Waals surface area contributed by atoms with Gasteiger partial charge in [0.05, 0.1) is 0 Å². The Balaban J connectivity index is 2.05. The molecule has 0 bridgehead atoms. The fraction of sp³-hybridized carbons (Fsp3) is 0.111. The van der Waals surface area contributed by atoms with Gasteiger partial charge in [-0.2, -0.15) is 0 Å². The lowest BCUT2D eigenvalue weighted by molar-refractivity contribution is 0.639. The van der Waals surface area contributed by atoms with Gasteiger partial charge in [0.15, 0.2) is 23.0 Å². The molecule has 21 heavy (non-hydrogen) atoms. The van der Waals surface area contributed by atoms with E-state index in [0.717, 1.165) is 39.7 Å². The van der Waals surface area contributed by atoms with E-state index in [1.807, 2.05) is 47.3 Å². The molecule has 1 aliphatic carbocycles. The third-order valence-electron chi connectivity index (χ3n) is 3.98. The Kier molecular flexibility index (Phi) is 3.22. The summed E-state index contributed by atoms with van der Waals surface area (Å²) in [4.78, 5) is 0. The van der Waals surface area contributed by atoms with Crippen LogP contribution in [0.15, 0.2) is 65.1 Å². The first-order valence-electron chi connectivity index (χ1n) is 6.94. The van der Waals surface area contributed by atoms with Gasteiger partial charge in [-0.3, -0.25) is 0 Å². The monoisotopic (exact) mass is 388 g/mol. The van der Waals surface area contributed by atoms with Crippen LogP contribution >= 0.6 is 23.0 Å². The summed E-state index contributed by atoms with van der Waals surface area (Å²) in [6.45, 7) is 0. The second-order valence-corrected chi connectivity index (χ2v) is 5.63. The minimum Gasteiger partial charge on any atom is -0.456 e. The van der Waals surface area contributed by atoms with Crippen molar-refractivity contribution in [3.63, 3.8) is 0 Å². The lowest BCUT2D eigenvalue weighted by Crippen LogP contribution is -1.99. The van der Waals surface area contributed by atoms with Gasteiger partial charge in [0.1, 0.15) is 16.9 Å². The minimum absolute atomic E-state index is 0.295. The molecule has 0 fully saturated rings. The SMILES string of the molecule is IOc1ccc2c(oc3ccccc32)c1C1C=CC=CC1. The highest BCUT2D eigenvalue weighted by Gasteiger charge is 2.21. The molecular weight excluding hydrogens is 375 g/mol. The van der Waals surface area contributed by atoms with Crippen molar-refractivity contribution in [2.75, 3.05) is 0 Å². The van der Waals surface area contributed by atoms with Crippen molar-refractivity contribution < 1.29 is 7.48 Å². The van der Waals surface area contributed by atoms with Gasteiger partial charge in [0.25, 0.3) is 0 Å². The average molecular weight is 388 g/mol. The van der Waals surface area contributed by atoms with Crippen molar-refractivity contribution in [2.45, 2.75) is 12.3 Å². The molecule has 4 rings (SSSR count). The number of halogens is 1. The molecule has 104 valence electrons. The maximum atomic E-state index is 6.14. The average Bonchev–Trinajstić information content (AvgIpc) is 2.93. The third kappa shape index (κ3) is 2.07. The molecular formula is C18H13IO2. The molecule has 0 aliphatic heterocycles. The van der Waals surface area contributed by atoms with Crippen LogP contribution in [0.25, 0.3) is 21.9 Å². The van der Waals surface area contributed by atoms with Gasteiger partial charge in [0.2, 0.25) is 0 Å². The van der Waals surface area contributed by atoms with Crippen molar-refractivity contribution in [2.24, 2.45) is 0 Å². The zero-order valence-corrected chi connectivity index (χ0v) is 13.4. The van der Waals surface area contributed by atoms with Gasteiger partial charge in [0, 0.05) is 22.3 Å². The van der Waals surface area contributed by atoms with Crippen LogP contribution in [0.2, 0.25) is 0 Å². The van der Waals surface area contributed by atoms with E-state index >= 15 is 0 Å². The molecule has 2 aromatic carbocycles. The highest BCUT2D eigenvalue weighted by atomic mass is 127. The molecule has 0 N–H and O–H groups in total. The third-order valence-corrected chi connectivity index (χ3v) is 4.45. The van der Waals surface area contributed by atoms with Crippen LogP contribution in [0, 0.1) is 0 Å². The summed E-state index contributed by atoms with van der Waals surface area (Å²) in [6, 6.07) is 12.3. The van der Waals surface area contributed by atoms with Crippen molar-refractivity contribution in [3.05, 3.63) is 66.3 Å². The van der Waals surface area contributed by atoms with Gasteiger partial charge in [-0.1, -0.05) is 42.5 Å². The van der Waals surface area contributed by atoms with Crippen molar-refractivity contribution in [1.29, 1.82) is 0 Å².